The molecule has 2 heterocycles. The van der Waals surface area contributed by atoms with Crippen LogP contribution in [0.3, 0.4) is 0 Å². The summed E-state index contributed by atoms with van der Waals surface area (Å²) in [6.45, 7) is 6.26. The topological polar surface area (TPSA) is 74.2 Å². The molecule has 2 N–H and O–H groups in total. The smallest absolute Gasteiger partial charge is 0.234 e. The molecule has 0 aromatic carbocycles. The molecule has 1 aliphatic heterocycles. The number of hydrogen-bond donors (Lipinski definition) is 1. The summed E-state index contributed by atoms with van der Waals surface area (Å²) in [4.78, 5) is 4.54. The highest BCUT2D eigenvalue weighted by Gasteiger charge is 2.34. The number of nitrogens with zero attached hydrogens (tertiary/aromatic N) is 2. The molecule has 1 unspecified atom stereocenters. The van der Waals surface area contributed by atoms with Gasteiger partial charge in [-0.15, -0.1) is 0 Å². The van der Waals surface area contributed by atoms with E-state index < -0.39 is 0 Å². The van der Waals surface area contributed by atoms with E-state index in [2.05, 4.69) is 24.0 Å². The normalized spacial score (nSPS) is 21.0. The Hall–Kier alpha value is -0.940. The molecule has 1 aliphatic rings. The zero-order chi connectivity index (χ0) is 12.3. The lowest BCUT2D eigenvalue weighted by Gasteiger charge is -2.24. The largest absolute Gasteiger partial charge is 0.381 e. The van der Waals surface area contributed by atoms with Gasteiger partial charge in [-0.25, -0.2) is 0 Å². The van der Waals surface area contributed by atoms with Crippen molar-refractivity contribution in [1.29, 1.82) is 0 Å². The molecular weight excluding hydrogens is 218 g/mol. The molecule has 96 valence electrons. The van der Waals surface area contributed by atoms with Gasteiger partial charge in [-0.05, 0) is 19.3 Å². The molecule has 0 aliphatic carbocycles. The van der Waals surface area contributed by atoms with E-state index in [1.54, 1.807) is 0 Å². The van der Waals surface area contributed by atoms with Crippen molar-refractivity contribution in [2.24, 2.45) is 5.73 Å². The SMILES string of the molecule is CCC(CC)(CN)c1nc(C2CCOC2)no1. The van der Waals surface area contributed by atoms with E-state index in [1.165, 1.54) is 0 Å². The third-order valence-electron chi connectivity index (χ3n) is 3.93. The van der Waals surface area contributed by atoms with Gasteiger partial charge in [-0.3, -0.25) is 0 Å². The fourth-order valence-electron chi connectivity index (χ4n) is 2.28. The molecule has 5 nitrogen and oxygen atoms in total. The van der Waals surface area contributed by atoms with Crippen LogP contribution < -0.4 is 5.73 Å². The second kappa shape index (κ2) is 5.14. The van der Waals surface area contributed by atoms with Gasteiger partial charge >= 0.3 is 0 Å². The Bertz CT molecular complexity index is 346. The van der Waals surface area contributed by atoms with E-state index in [0.29, 0.717) is 19.0 Å². The lowest BCUT2D eigenvalue weighted by molar-refractivity contribution is 0.192. The van der Waals surface area contributed by atoms with Gasteiger partial charge in [-0.1, -0.05) is 19.0 Å². The van der Waals surface area contributed by atoms with Gasteiger partial charge in [0.05, 0.1) is 12.0 Å². The van der Waals surface area contributed by atoms with Crippen LogP contribution in [-0.2, 0) is 10.2 Å². The fourth-order valence-corrected chi connectivity index (χ4v) is 2.28. The zero-order valence-electron chi connectivity index (χ0n) is 10.6. The Morgan fingerprint density at radius 2 is 2.18 bits per heavy atom. The van der Waals surface area contributed by atoms with Gasteiger partial charge < -0.3 is 15.0 Å². The summed E-state index contributed by atoms with van der Waals surface area (Å²) >= 11 is 0. The van der Waals surface area contributed by atoms with Crippen LogP contribution in [0.25, 0.3) is 0 Å². The van der Waals surface area contributed by atoms with Crippen molar-refractivity contribution in [3.63, 3.8) is 0 Å². The van der Waals surface area contributed by atoms with Crippen LogP contribution in [0.5, 0.6) is 0 Å². The first-order valence-corrected chi connectivity index (χ1v) is 6.37. The average molecular weight is 239 g/mol. The van der Waals surface area contributed by atoms with Gasteiger partial charge in [0.2, 0.25) is 5.89 Å². The van der Waals surface area contributed by atoms with E-state index in [1.807, 2.05) is 0 Å². The van der Waals surface area contributed by atoms with Gasteiger partial charge in [0.1, 0.15) is 0 Å². The molecule has 0 saturated carbocycles. The molecule has 0 spiro atoms. The maximum absolute atomic E-state index is 5.87. The molecule has 17 heavy (non-hydrogen) atoms. The number of rotatable bonds is 5. The lowest BCUT2D eigenvalue weighted by Crippen LogP contribution is -2.34. The summed E-state index contributed by atoms with van der Waals surface area (Å²) in [5.74, 6) is 1.75. The highest BCUT2D eigenvalue weighted by atomic mass is 16.5. The molecule has 1 fully saturated rings. The predicted molar refractivity (Wildman–Crippen MR) is 63.8 cm³/mol. The van der Waals surface area contributed by atoms with E-state index in [0.717, 1.165) is 31.7 Å². The molecule has 0 amide bonds. The molecule has 0 radical (unpaired) electrons. The maximum Gasteiger partial charge on any atom is 0.234 e. The van der Waals surface area contributed by atoms with Gasteiger partial charge in [0.25, 0.3) is 0 Å². The Labute approximate surface area is 102 Å². The van der Waals surface area contributed by atoms with Crippen LogP contribution in [0.2, 0.25) is 0 Å². The molecule has 0 bridgehead atoms. The summed E-state index contributed by atoms with van der Waals surface area (Å²) in [7, 11) is 0. The molecule has 2 rings (SSSR count). The van der Waals surface area contributed by atoms with Gasteiger partial charge in [-0.2, -0.15) is 4.98 Å². The van der Waals surface area contributed by atoms with Crippen LogP contribution in [-0.4, -0.2) is 29.9 Å². The Balaban J connectivity index is 2.21. The van der Waals surface area contributed by atoms with Crippen LogP contribution in [0.1, 0.15) is 50.7 Å². The molecule has 1 saturated heterocycles. The minimum atomic E-state index is -0.162. The first-order chi connectivity index (χ1) is 8.25. The van der Waals surface area contributed by atoms with Crippen molar-refractivity contribution in [2.75, 3.05) is 19.8 Å². The first-order valence-electron chi connectivity index (χ1n) is 6.37. The number of aromatic nitrogens is 2. The minimum Gasteiger partial charge on any atom is -0.381 e. The summed E-state index contributed by atoms with van der Waals surface area (Å²) in [6.07, 6.45) is 2.82. The monoisotopic (exact) mass is 239 g/mol. The number of hydrogen-bond acceptors (Lipinski definition) is 5. The summed E-state index contributed by atoms with van der Waals surface area (Å²) < 4.78 is 10.8. The standard InChI is InChI=1S/C12H21N3O2/c1-3-12(4-2,8-13)11-14-10(15-17-11)9-5-6-16-7-9/h9H,3-8,13H2,1-2H3. The lowest BCUT2D eigenvalue weighted by atomic mass is 9.82. The van der Waals surface area contributed by atoms with Gasteiger partial charge in [0, 0.05) is 19.1 Å². The van der Waals surface area contributed by atoms with Crippen molar-refractivity contribution in [2.45, 2.75) is 44.4 Å². The molecule has 5 heteroatoms. The number of ether oxygens (including phenoxy) is 1. The minimum absolute atomic E-state index is 0.162. The maximum atomic E-state index is 5.87. The predicted octanol–water partition coefficient (Wildman–Crippen LogP) is 1.59. The quantitative estimate of drug-likeness (QED) is 0.844. The summed E-state index contributed by atoms with van der Waals surface area (Å²) in [6, 6.07) is 0. The Morgan fingerprint density at radius 1 is 1.41 bits per heavy atom. The summed E-state index contributed by atoms with van der Waals surface area (Å²) in [5, 5.41) is 4.09. The van der Waals surface area contributed by atoms with Gasteiger partial charge in [0.15, 0.2) is 5.82 Å². The van der Waals surface area contributed by atoms with Crippen LogP contribution in [0, 0.1) is 0 Å². The van der Waals surface area contributed by atoms with Crippen LogP contribution >= 0.6 is 0 Å². The van der Waals surface area contributed by atoms with Crippen molar-refractivity contribution in [3.05, 3.63) is 11.7 Å². The average Bonchev–Trinajstić information content (AvgIpc) is 3.03. The fraction of sp³-hybridized carbons (Fsp3) is 0.833. The summed E-state index contributed by atoms with van der Waals surface area (Å²) in [5.41, 5.74) is 5.71. The van der Waals surface area contributed by atoms with Crippen molar-refractivity contribution in [3.8, 4) is 0 Å². The van der Waals surface area contributed by atoms with Crippen LogP contribution in [0.15, 0.2) is 4.52 Å². The van der Waals surface area contributed by atoms with Crippen molar-refractivity contribution >= 4 is 0 Å². The zero-order valence-corrected chi connectivity index (χ0v) is 10.6. The second-order valence-corrected chi connectivity index (χ2v) is 4.71. The highest BCUT2D eigenvalue weighted by molar-refractivity contribution is 5.08. The number of nitrogens with two attached hydrogens (primary N) is 1. The van der Waals surface area contributed by atoms with Crippen LogP contribution in [0.4, 0.5) is 0 Å². The molecule has 1 aromatic rings. The van der Waals surface area contributed by atoms with E-state index in [9.17, 15) is 0 Å². The molecule has 1 aromatic heterocycles. The first kappa shape index (κ1) is 12.5. The Morgan fingerprint density at radius 3 is 2.71 bits per heavy atom. The van der Waals surface area contributed by atoms with E-state index >= 15 is 0 Å². The molecular formula is C12H21N3O2. The molecule has 1 atom stereocenters. The van der Waals surface area contributed by atoms with Crippen molar-refractivity contribution in [1.82, 2.24) is 10.1 Å². The third kappa shape index (κ3) is 2.21. The third-order valence-corrected chi connectivity index (χ3v) is 3.93. The van der Waals surface area contributed by atoms with E-state index in [-0.39, 0.29) is 11.3 Å². The Kier molecular flexibility index (Phi) is 3.79. The highest BCUT2D eigenvalue weighted by Crippen LogP contribution is 2.31. The van der Waals surface area contributed by atoms with E-state index in [4.69, 9.17) is 15.0 Å². The van der Waals surface area contributed by atoms with Crippen molar-refractivity contribution < 1.29 is 9.26 Å². The second-order valence-electron chi connectivity index (χ2n) is 4.71.